The first-order valence-corrected chi connectivity index (χ1v) is 13.0. The van der Waals surface area contributed by atoms with Crippen LogP contribution in [0.4, 0.5) is 26.1 Å². The molecule has 7 nitrogen and oxygen atoms in total. The second kappa shape index (κ2) is 11.3. The number of anilines is 3. The Morgan fingerprint density at radius 3 is 2.50 bits per heavy atom. The third-order valence-electron chi connectivity index (χ3n) is 7.00. The summed E-state index contributed by atoms with van der Waals surface area (Å²) < 4.78 is 40.9. The van der Waals surface area contributed by atoms with E-state index in [0.717, 1.165) is 35.0 Å². The van der Waals surface area contributed by atoms with Crippen molar-refractivity contribution in [2.75, 3.05) is 31.4 Å². The number of methoxy groups -OCH3 is 2. The van der Waals surface area contributed by atoms with Crippen molar-refractivity contribution >= 4 is 33.9 Å². The van der Waals surface area contributed by atoms with E-state index in [0.29, 0.717) is 29.5 Å². The van der Waals surface area contributed by atoms with Gasteiger partial charge in [-0.25, -0.2) is 18.7 Å². The Bertz CT molecular complexity index is 1590. The second-order valence-electron chi connectivity index (χ2n) is 9.84. The number of fused-ring (bicyclic) bond motifs is 1. The van der Waals surface area contributed by atoms with Gasteiger partial charge in [0, 0.05) is 41.7 Å². The van der Waals surface area contributed by atoms with Gasteiger partial charge in [0.1, 0.15) is 11.6 Å². The number of nitrogens with one attached hydrogen (secondary N) is 2. The topological polar surface area (TPSA) is 85.4 Å². The average molecular weight is 545 g/mol. The maximum Gasteiger partial charge on any atom is 0.177 e. The number of aryl methyl sites for hydroxylation is 1. The smallest absolute Gasteiger partial charge is 0.177 e. The fraction of sp³-hybridized carbons (Fsp3) is 0.258. The number of rotatable bonds is 11. The normalized spacial score (nSPS) is 12.7. The fourth-order valence-corrected chi connectivity index (χ4v) is 4.59. The van der Waals surface area contributed by atoms with Gasteiger partial charge in [-0.2, -0.15) is 0 Å². The highest BCUT2D eigenvalue weighted by atomic mass is 19.1. The monoisotopic (exact) mass is 544 g/mol. The molecule has 1 fully saturated rings. The SMILES string of the molecule is C=CC(=O)Cc1cccc(C)c1Nc1cc2c(NCC3CC3)nc(-c3c(F)c(OC)cc(OC)c3F)cc2cn1. The predicted octanol–water partition coefficient (Wildman–Crippen LogP) is 6.76. The van der Waals surface area contributed by atoms with Gasteiger partial charge in [0.05, 0.1) is 25.5 Å². The number of hydrogen-bond donors (Lipinski definition) is 2. The molecule has 0 aliphatic heterocycles. The first kappa shape index (κ1) is 27.1. The molecule has 0 atom stereocenters. The van der Waals surface area contributed by atoms with E-state index in [1.807, 2.05) is 31.2 Å². The van der Waals surface area contributed by atoms with Crippen LogP contribution in [-0.2, 0) is 11.2 Å². The molecule has 5 rings (SSSR count). The lowest BCUT2D eigenvalue weighted by molar-refractivity contribution is -0.114. The van der Waals surface area contributed by atoms with Crippen molar-refractivity contribution < 1.29 is 23.0 Å². The number of ether oxygens (including phenoxy) is 2. The average Bonchev–Trinajstić information content (AvgIpc) is 3.78. The summed E-state index contributed by atoms with van der Waals surface area (Å²) in [5, 5.41) is 8.10. The molecule has 0 unspecified atom stereocenters. The van der Waals surface area contributed by atoms with E-state index in [2.05, 4.69) is 27.2 Å². The summed E-state index contributed by atoms with van der Waals surface area (Å²) in [7, 11) is 2.61. The number of halogens is 2. The van der Waals surface area contributed by atoms with Crippen LogP contribution in [0.2, 0.25) is 0 Å². The van der Waals surface area contributed by atoms with Crippen LogP contribution in [0, 0.1) is 24.5 Å². The van der Waals surface area contributed by atoms with E-state index < -0.39 is 11.6 Å². The van der Waals surface area contributed by atoms with Crippen molar-refractivity contribution in [3.8, 4) is 22.8 Å². The molecule has 2 N–H and O–H groups in total. The zero-order valence-electron chi connectivity index (χ0n) is 22.6. The third kappa shape index (κ3) is 5.45. The molecule has 40 heavy (non-hydrogen) atoms. The van der Waals surface area contributed by atoms with Crippen LogP contribution < -0.4 is 20.1 Å². The second-order valence-corrected chi connectivity index (χ2v) is 9.84. The summed E-state index contributed by atoms with van der Waals surface area (Å²) in [6, 6.07) is 10.3. The molecule has 0 saturated heterocycles. The summed E-state index contributed by atoms with van der Waals surface area (Å²) in [6.45, 7) is 6.21. The predicted molar refractivity (Wildman–Crippen MR) is 153 cm³/mol. The minimum absolute atomic E-state index is 0.0861. The Morgan fingerprint density at radius 1 is 1.12 bits per heavy atom. The first-order valence-electron chi connectivity index (χ1n) is 13.0. The highest BCUT2D eigenvalue weighted by Gasteiger charge is 2.25. The minimum atomic E-state index is -0.867. The van der Waals surface area contributed by atoms with Crippen molar-refractivity contribution in [1.29, 1.82) is 0 Å². The zero-order chi connectivity index (χ0) is 28.4. The molecule has 2 aromatic heterocycles. The maximum absolute atomic E-state index is 15.4. The van der Waals surface area contributed by atoms with Crippen molar-refractivity contribution in [3.05, 3.63) is 78.0 Å². The van der Waals surface area contributed by atoms with Gasteiger partial charge in [-0.1, -0.05) is 24.8 Å². The number of para-hydroxylation sites is 1. The Kier molecular flexibility index (Phi) is 7.64. The number of hydrogen-bond acceptors (Lipinski definition) is 7. The number of carbonyl (C=O) groups excluding carboxylic acids is 1. The van der Waals surface area contributed by atoms with Gasteiger partial charge in [0.15, 0.2) is 28.9 Å². The summed E-state index contributed by atoms with van der Waals surface area (Å²) in [4.78, 5) is 21.3. The lowest BCUT2D eigenvalue weighted by Crippen LogP contribution is -2.08. The lowest BCUT2D eigenvalue weighted by atomic mass is 10.0. The molecule has 4 aromatic rings. The number of benzene rings is 2. The molecule has 206 valence electrons. The lowest BCUT2D eigenvalue weighted by Gasteiger charge is -2.17. The van der Waals surface area contributed by atoms with E-state index in [4.69, 9.17) is 9.47 Å². The molecule has 0 bridgehead atoms. The maximum atomic E-state index is 15.4. The van der Waals surface area contributed by atoms with E-state index in [9.17, 15) is 4.79 Å². The quantitative estimate of drug-likeness (QED) is 0.202. The first-order chi connectivity index (χ1) is 19.3. The van der Waals surface area contributed by atoms with Crippen molar-refractivity contribution in [2.24, 2.45) is 5.92 Å². The van der Waals surface area contributed by atoms with Gasteiger partial charge in [0.2, 0.25) is 0 Å². The third-order valence-corrected chi connectivity index (χ3v) is 7.00. The van der Waals surface area contributed by atoms with Gasteiger partial charge in [0.25, 0.3) is 0 Å². The van der Waals surface area contributed by atoms with Gasteiger partial charge in [-0.3, -0.25) is 4.79 Å². The van der Waals surface area contributed by atoms with Crippen LogP contribution in [0.1, 0.15) is 24.0 Å². The molecule has 0 spiro atoms. The number of allylic oxidation sites excluding steroid dienone is 1. The fourth-order valence-electron chi connectivity index (χ4n) is 4.59. The molecule has 1 aliphatic carbocycles. The van der Waals surface area contributed by atoms with Crippen LogP contribution in [0.5, 0.6) is 11.5 Å². The van der Waals surface area contributed by atoms with Crippen LogP contribution in [0.25, 0.3) is 22.0 Å². The molecule has 1 saturated carbocycles. The Labute approximate surface area is 231 Å². The molecule has 2 aromatic carbocycles. The van der Waals surface area contributed by atoms with E-state index in [-0.39, 0.29) is 35.0 Å². The molecule has 1 aliphatic rings. The van der Waals surface area contributed by atoms with Gasteiger partial charge in [-0.05, 0) is 55.0 Å². The number of pyridine rings is 2. The van der Waals surface area contributed by atoms with Crippen LogP contribution >= 0.6 is 0 Å². The molecule has 0 amide bonds. The van der Waals surface area contributed by atoms with Gasteiger partial charge >= 0.3 is 0 Å². The largest absolute Gasteiger partial charge is 0.494 e. The standard InChI is InChI=1S/C31H30F2N4O3/c1-5-21(38)11-19-8-6-7-17(2)30(19)37-26-13-22-20(16-34-26)12-23(36-31(22)35-15-18-9-10-18)27-28(32)24(39-3)14-25(40-4)29(27)33/h5-8,12-14,16,18H,1,9-11,15H2,2-4H3,(H,34,37)(H,35,36). The van der Waals surface area contributed by atoms with Gasteiger partial charge < -0.3 is 20.1 Å². The van der Waals surface area contributed by atoms with Crippen LogP contribution in [-0.4, -0.2) is 36.5 Å². The molecule has 9 heteroatoms. The summed E-state index contributed by atoms with van der Waals surface area (Å²) in [5.41, 5.74) is 2.31. The highest BCUT2D eigenvalue weighted by molar-refractivity contribution is 5.96. The molecule has 2 heterocycles. The Balaban J connectivity index is 1.61. The minimum Gasteiger partial charge on any atom is -0.494 e. The van der Waals surface area contributed by atoms with E-state index >= 15 is 8.78 Å². The van der Waals surface area contributed by atoms with E-state index in [1.54, 1.807) is 12.3 Å². The zero-order valence-corrected chi connectivity index (χ0v) is 22.6. The Morgan fingerprint density at radius 2 is 1.85 bits per heavy atom. The van der Waals surface area contributed by atoms with Crippen LogP contribution in [0.3, 0.4) is 0 Å². The molecular formula is C31H30F2N4O3. The molecule has 0 radical (unpaired) electrons. The Hall–Kier alpha value is -4.53. The summed E-state index contributed by atoms with van der Waals surface area (Å²) >= 11 is 0. The molecular weight excluding hydrogens is 514 g/mol. The number of nitrogens with zero attached hydrogens (tertiary/aromatic N) is 2. The number of carbonyl (C=O) groups is 1. The number of aromatic nitrogens is 2. The van der Waals surface area contributed by atoms with E-state index in [1.165, 1.54) is 26.4 Å². The van der Waals surface area contributed by atoms with Crippen molar-refractivity contribution in [3.63, 3.8) is 0 Å². The van der Waals surface area contributed by atoms with Gasteiger partial charge in [-0.15, -0.1) is 0 Å². The highest BCUT2D eigenvalue weighted by Crippen LogP contribution is 2.39. The number of ketones is 1. The van der Waals surface area contributed by atoms with Crippen molar-refractivity contribution in [1.82, 2.24) is 9.97 Å². The van der Waals surface area contributed by atoms with Crippen LogP contribution in [0.15, 0.2) is 55.3 Å². The summed E-state index contributed by atoms with van der Waals surface area (Å²) in [5.74, 6) is -0.565. The van der Waals surface area contributed by atoms with Crippen molar-refractivity contribution in [2.45, 2.75) is 26.2 Å². The summed E-state index contributed by atoms with van der Waals surface area (Å²) in [6.07, 6.45) is 5.39.